The Kier molecular flexibility index (Phi) is 1.19. The largest absolute Gasteiger partial charge is 0.217 e. The molecule has 2 heteroatoms. The average Bonchev–Trinajstić information content (AvgIpc) is 1.30. The first kappa shape index (κ1) is 3.97. The van der Waals surface area contributed by atoms with Gasteiger partial charge in [0.2, 0.25) is 4.57 Å². The first-order valence-electron chi connectivity index (χ1n) is 2.03. The van der Waals surface area contributed by atoms with Crippen LogP contribution in [0.1, 0.15) is 6.42 Å². The highest BCUT2D eigenvalue weighted by atomic mass is 127. The van der Waals surface area contributed by atoms with Gasteiger partial charge in [0, 0.05) is 0 Å². The molecule has 0 atom stereocenters. The standard InChI is InChI=1S/C3H6BI/c5-4-2-1-3-4/h1-3H2. The second-order valence-electron chi connectivity index (χ2n) is 1.53. The molecule has 0 aromatic rings. The summed E-state index contributed by atoms with van der Waals surface area (Å²) in [5, 5.41) is 0. The zero-order valence-electron chi connectivity index (χ0n) is 3.08. The molecule has 5 heavy (non-hydrogen) atoms. The molecule has 0 saturated carbocycles. The Hall–Kier alpha value is 0.795. The van der Waals surface area contributed by atoms with E-state index < -0.39 is 0 Å². The molecule has 0 radical (unpaired) electrons. The van der Waals surface area contributed by atoms with Crippen LogP contribution in [0.25, 0.3) is 0 Å². The van der Waals surface area contributed by atoms with Crippen molar-refractivity contribution in [3.05, 3.63) is 0 Å². The minimum absolute atomic E-state index is 1.03. The molecule has 0 spiro atoms. The van der Waals surface area contributed by atoms with Gasteiger partial charge in [0.1, 0.15) is 0 Å². The molecule has 1 fully saturated rings. The van der Waals surface area contributed by atoms with E-state index in [2.05, 4.69) is 22.4 Å². The van der Waals surface area contributed by atoms with Gasteiger partial charge >= 0.3 is 0 Å². The Morgan fingerprint density at radius 3 is 1.80 bits per heavy atom. The van der Waals surface area contributed by atoms with Crippen molar-refractivity contribution in [1.82, 2.24) is 0 Å². The van der Waals surface area contributed by atoms with Gasteiger partial charge in [0.25, 0.3) is 0 Å². The monoisotopic (exact) mass is 180 g/mol. The third kappa shape index (κ3) is 0.811. The molecular formula is C3H6BI. The van der Waals surface area contributed by atoms with E-state index in [1.54, 1.807) is 0 Å². The molecule has 0 amide bonds. The van der Waals surface area contributed by atoms with Crippen LogP contribution < -0.4 is 0 Å². The molecule has 1 aliphatic heterocycles. The van der Waals surface area contributed by atoms with Crippen LogP contribution in [-0.4, -0.2) is 4.57 Å². The molecule has 0 aliphatic carbocycles. The molecule has 0 N–H and O–H groups in total. The number of halogens is 1. The predicted molar refractivity (Wildman–Crippen MR) is 34.0 cm³/mol. The van der Waals surface area contributed by atoms with Gasteiger partial charge in [-0.25, -0.2) is 0 Å². The van der Waals surface area contributed by atoms with Crippen LogP contribution in [0.4, 0.5) is 0 Å². The third-order valence-electron chi connectivity index (χ3n) is 1.03. The van der Waals surface area contributed by atoms with E-state index in [-0.39, 0.29) is 0 Å². The van der Waals surface area contributed by atoms with Gasteiger partial charge < -0.3 is 0 Å². The van der Waals surface area contributed by atoms with Crippen LogP contribution in [-0.2, 0) is 0 Å². The molecule has 0 bridgehead atoms. The third-order valence-corrected chi connectivity index (χ3v) is 2.28. The van der Waals surface area contributed by atoms with Gasteiger partial charge in [-0.3, -0.25) is 0 Å². The summed E-state index contributed by atoms with van der Waals surface area (Å²) in [6.45, 7) is 0. The second kappa shape index (κ2) is 1.50. The van der Waals surface area contributed by atoms with Crippen LogP contribution in [0.2, 0.25) is 12.6 Å². The van der Waals surface area contributed by atoms with Crippen LogP contribution in [0, 0.1) is 0 Å². The summed E-state index contributed by atoms with van der Waals surface area (Å²) >= 11 is 2.49. The Morgan fingerprint density at radius 2 is 1.80 bits per heavy atom. The molecule has 0 aromatic carbocycles. The Morgan fingerprint density at radius 1 is 1.40 bits per heavy atom. The van der Waals surface area contributed by atoms with Crippen molar-refractivity contribution in [3.8, 4) is 0 Å². The fourth-order valence-corrected chi connectivity index (χ4v) is 1.24. The lowest BCUT2D eigenvalue weighted by atomic mass is 9.57. The molecule has 1 saturated heterocycles. The topological polar surface area (TPSA) is 0 Å². The van der Waals surface area contributed by atoms with Crippen molar-refractivity contribution < 1.29 is 0 Å². The van der Waals surface area contributed by atoms with Crippen LogP contribution in [0.15, 0.2) is 0 Å². The molecular weight excluding hydrogens is 174 g/mol. The molecule has 0 nitrogen and oxygen atoms in total. The summed E-state index contributed by atoms with van der Waals surface area (Å²) in [6, 6.07) is 0. The van der Waals surface area contributed by atoms with Crippen molar-refractivity contribution in [2.75, 3.05) is 0 Å². The molecule has 0 unspecified atom stereocenters. The lowest BCUT2D eigenvalue weighted by Gasteiger charge is -2.12. The molecule has 0 aromatic heterocycles. The zero-order chi connectivity index (χ0) is 3.70. The summed E-state index contributed by atoms with van der Waals surface area (Å²) in [5.74, 6) is 0. The lowest BCUT2D eigenvalue weighted by Crippen LogP contribution is -2.11. The van der Waals surface area contributed by atoms with Crippen molar-refractivity contribution >= 4 is 26.9 Å². The summed E-state index contributed by atoms with van der Waals surface area (Å²) in [4.78, 5) is 0. The SMILES string of the molecule is IB1CCC1. The van der Waals surface area contributed by atoms with Gasteiger partial charge in [-0.05, 0) is 0 Å². The van der Waals surface area contributed by atoms with E-state index >= 15 is 0 Å². The Labute approximate surface area is 46.3 Å². The number of hydrogen-bond donors (Lipinski definition) is 0. The van der Waals surface area contributed by atoms with Crippen molar-refractivity contribution in [2.45, 2.75) is 19.1 Å². The highest BCUT2D eigenvalue weighted by molar-refractivity contribution is 14.1. The van der Waals surface area contributed by atoms with E-state index in [4.69, 9.17) is 0 Å². The maximum atomic E-state index is 2.49. The van der Waals surface area contributed by atoms with E-state index in [1.165, 1.54) is 19.1 Å². The average molecular weight is 180 g/mol. The summed E-state index contributed by atoms with van der Waals surface area (Å²) in [7, 11) is 0. The minimum Gasteiger partial charge on any atom is -0.150 e. The van der Waals surface area contributed by atoms with E-state index in [9.17, 15) is 0 Å². The maximum absolute atomic E-state index is 2.49. The highest BCUT2D eigenvalue weighted by Crippen LogP contribution is 2.24. The van der Waals surface area contributed by atoms with Gasteiger partial charge in [-0.2, -0.15) is 0 Å². The molecule has 1 rings (SSSR count). The van der Waals surface area contributed by atoms with Gasteiger partial charge in [0.05, 0.1) is 0 Å². The summed E-state index contributed by atoms with van der Waals surface area (Å²) in [5.41, 5.74) is 0. The Bertz CT molecular complexity index is 33.9. The highest BCUT2D eigenvalue weighted by Gasteiger charge is 2.16. The molecule has 1 heterocycles. The van der Waals surface area contributed by atoms with Gasteiger partial charge in [0.15, 0.2) is 0 Å². The fraction of sp³-hybridized carbons (Fsp3) is 1.00. The second-order valence-corrected chi connectivity index (χ2v) is 3.29. The number of rotatable bonds is 0. The minimum atomic E-state index is 1.03. The fourth-order valence-electron chi connectivity index (χ4n) is 0.358. The predicted octanol–water partition coefficient (Wildman–Crippen LogP) is 1.82. The number of hydrogen-bond acceptors (Lipinski definition) is 0. The zero-order valence-corrected chi connectivity index (χ0v) is 5.23. The normalized spacial score (nSPS) is 22.2. The van der Waals surface area contributed by atoms with Crippen molar-refractivity contribution in [3.63, 3.8) is 0 Å². The van der Waals surface area contributed by atoms with Gasteiger partial charge in [-0.15, -0.1) is 22.4 Å². The van der Waals surface area contributed by atoms with Crippen LogP contribution in [0.3, 0.4) is 0 Å². The van der Waals surface area contributed by atoms with Crippen molar-refractivity contribution in [1.29, 1.82) is 0 Å². The molecule has 1 aliphatic rings. The van der Waals surface area contributed by atoms with E-state index in [0.717, 1.165) is 4.57 Å². The summed E-state index contributed by atoms with van der Waals surface area (Å²) in [6.07, 6.45) is 4.43. The van der Waals surface area contributed by atoms with Crippen LogP contribution in [0.5, 0.6) is 0 Å². The van der Waals surface area contributed by atoms with E-state index in [0.29, 0.717) is 0 Å². The summed E-state index contributed by atoms with van der Waals surface area (Å²) < 4.78 is 1.03. The van der Waals surface area contributed by atoms with Crippen molar-refractivity contribution in [2.24, 2.45) is 0 Å². The first-order chi connectivity index (χ1) is 2.39. The maximum Gasteiger partial charge on any atom is 0.217 e. The first-order valence-corrected chi connectivity index (χ1v) is 3.28. The quantitative estimate of drug-likeness (QED) is 0.393. The lowest BCUT2D eigenvalue weighted by molar-refractivity contribution is 0.967. The molecule has 28 valence electrons. The van der Waals surface area contributed by atoms with E-state index in [1.807, 2.05) is 0 Å². The van der Waals surface area contributed by atoms with Crippen LogP contribution >= 0.6 is 22.4 Å². The van der Waals surface area contributed by atoms with Gasteiger partial charge in [-0.1, -0.05) is 19.1 Å². The smallest absolute Gasteiger partial charge is 0.150 e. The Balaban J connectivity index is 2.08.